The molecule has 3 N–H and O–H groups in total. The van der Waals surface area contributed by atoms with Crippen LogP contribution in [0.5, 0.6) is 5.88 Å². The minimum absolute atomic E-state index is 0.135. The lowest BCUT2D eigenvalue weighted by atomic mass is 9.97. The SMILES string of the molecule is NC(=O)c1ccccc1-c1ccc(N2CCC(Oc3ccc(C(F)(F)F)cn3)C2)c(CO)c1. The van der Waals surface area contributed by atoms with Crippen molar-refractivity contribution in [2.24, 2.45) is 5.73 Å². The molecule has 1 atom stereocenters. The van der Waals surface area contributed by atoms with Crippen molar-refractivity contribution in [1.29, 1.82) is 0 Å². The summed E-state index contributed by atoms with van der Waals surface area (Å²) < 4.78 is 43.9. The highest BCUT2D eigenvalue weighted by atomic mass is 19.4. The number of aliphatic hydroxyl groups excluding tert-OH is 1. The predicted octanol–water partition coefficient (Wildman–Crippen LogP) is 4.02. The molecule has 1 unspecified atom stereocenters. The number of aliphatic hydroxyl groups is 1. The van der Waals surface area contributed by atoms with Crippen LogP contribution in [0, 0.1) is 0 Å². The number of carbonyl (C=O) groups is 1. The van der Waals surface area contributed by atoms with E-state index in [-0.39, 0.29) is 18.6 Å². The van der Waals surface area contributed by atoms with Gasteiger partial charge in [0.05, 0.1) is 18.7 Å². The molecule has 1 aliphatic heterocycles. The molecule has 2 aromatic carbocycles. The zero-order valence-corrected chi connectivity index (χ0v) is 17.5. The third-order valence-corrected chi connectivity index (χ3v) is 5.59. The Morgan fingerprint density at radius 3 is 2.64 bits per heavy atom. The minimum atomic E-state index is -4.44. The fraction of sp³-hybridized carbons (Fsp3) is 0.250. The normalized spacial score (nSPS) is 16.1. The van der Waals surface area contributed by atoms with Crippen LogP contribution in [0.1, 0.15) is 27.9 Å². The van der Waals surface area contributed by atoms with Crippen LogP contribution in [0.4, 0.5) is 18.9 Å². The van der Waals surface area contributed by atoms with Gasteiger partial charge in [0.15, 0.2) is 0 Å². The summed E-state index contributed by atoms with van der Waals surface area (Å²) in [6, 6.07) is 14.7. The zero-order chi connectivity index (χ0) is 23.6. The molecule has 2 heterocycles. The maximum absolute atomic E-state index is 12.7. The number of benzene rings is 2. The van der Waals surface area contributed by atoms with Crippen LogP contribution in [0.2, 0.25) is 0 Å². The zero-order valence-electron chi connectivity index (χ0n) is 17.5. The molecule has 0 bridgehead atoms. The number of hydrogen-bond acceptors (Lipinski definition) is 5. The van der Waals surface area contributed by atoms with Crippen molar-refractivity contribution in [2.75, 3.05) is 18.0 Å². The number of hydrogen-bond donors (Lipinski definition) is 2. The van der Waals surface area contributed by atoms with Gasteiger partial charge in [-0.2, -0.15) is 13.2 Å². The highest BCUT2D eigenvalue weighted by Crippen LogP contribution is 2.33. The molecule has 0 saturated carbocycles. The lowest BCUT2D eigenvalue weighted by Gasteiger charge is -2.22. The topological polar surface area (TPSA) is 88.7 Å². The molecule has 1 amide bonds. The Hall–Kier alpha value is -3.59. The third-order valence-electron chi connectivity index (χ3n) is 5.59. The average Bonchev–Trinajstić information content (AvgIpc) is 3.26. The largest absolute Gasteiger partial charge is 0.472 e. The first kappa shape index (κ1) is 22.6. The number of rotatable bonds is 6. The molecule has 0 radical (unpaired) electrons. The van der Waals surface area contributed by atoms with Gasteiger partial charge in [0.2, 0.25) is 11.8 Å². The van der Waals surface area contributed by atoms with E-state index in [1.54, 1.807) is 18.2 Å². The number of alkyl halides is 3. The molecule has 1 aliphatic rings. The van der Waals surface area contributed by atoms with Crippen molar-refractivity contribution in [1.82, 2.24) is 4.98 Å². The van der Waals surface area contributed by atoms with Crippen molar-refractivity contribution in [3.8, 4) is 17.0 Å². The third kappa shape index (κ3) is 4.93. The van der Waals surface area contributed by atoms with Crippen molar-refractivity contribution in [2.45, 2.75) is 25.3 Å². The van der Waals surface area contributed by atoms with E-state index in [2.05, 4.69) is 4.98 Å². The number of nitrogens with two attached hydrogens (primary N) is 1. The van der Waals surface area contributed by atoms with Crippen molar-refractivity contribution in [3.05, 3.63) is 77.5 Å². The molecule has 3 aromatic rings. The second-order valence-corrected chi connectivity index (χ2v) is 7.77. The minimum Gasteiger partial charge on any atom is -0.472 e. The van der Waals surface area contributed by atoms with Gasteiger partial charge in [0.1, 0.15) is 6.10 Å². The van der Waals surface area contributed by atoms with Crippen LogP contribution in [0.3, 0.4) is 0 Å². The Bertz CT molecular complexity index is 1150. The summed E-state index contributed by atoms with van der Waals surface area (Å²) in [6.07, 6.45) is -3.29. The summed E-state index contributed by atoms with van der Waals surface area (Å²) in [5.41, 5.74) is 8.01. The maximum atomic E-state index is 12.7. The van der Waals surface area contributed by atoms with Gasteiger partial charge in [-0.05, 0) is 35.4 Å². The Kier molecular flexibility index (Phi) is 6.24. The van der Waals surface area contributed by atoms with E-state index in [9.17, 15) is 23.1 Å². The summed E-state index contributed by atoms with van der Waals surface area (Å²) in [7, 11) is 0. The summed E-state index contributed by atoms with van der Waals surface area (Å²) in [5, 5.41) is 9.97. The van der Waals surface area contributed by atoms with Crippen molar-refractivity contribution in [3.63, 3.8) is 0 Å². The predicted molar refractivity (Wildman–Crippen MR) is 117 cm³/mol. The molecule has 1 fully saturated rings. The molecule has 9 heteroatoms. The Labute approximate surface area is 188 Å². The van der Waals surface area contributed by atoms with E-state index in [4.69, 9.17) is 10.5 Å². The van der Waals surface area contributed by atoms with Gasteiger partial charge in [-0.25, -0.2) is 4.98 Å². The van der Waals surface area contributed by atoms with Gasteiger partial charge in [0.25, 0.3) is 0 Å². The summed E-state index contributed by atoms with van der Waals surface area (Å²) in [5.74, 6) is -0.396. The van der Waals surface area contributed by atoms with Gasteiger partial charge < -0.3 is 20.5 Å². The maximum Gasteiger partial charge on any atom is 0.417 e. The van der Waals surface area contributed by atoms with Crippen LogP contribution < -0.4 is 15.4 Å². The molecule has 33 heavy (non-hydrogen) atoms. The number of nitrogens with zero attached hydrogens (tertiary/aromatic N) is 2. The van der Waals surface area contributed by atoms with Crippen LogP contribution in [0.15, 0.2) is 60.8 Å². The standard InChI is InChI=1S/C24H22F3N3O3/c25-24(26,27)17-6-8-22(29-12-17)33-18-9-10-30(13-18)21-7-5-15(11-16(21)14-31)19-3-1-2-4-20(19)23(28)32/h1-8,11-12,18,31H,9-10,13-14H2,(H2,28,32). The molecule has 6 nitrogen and oxygen atoms in total. The van der Waals surface area contributed by atoms with Crippen LogP contribution >= 0.6 is 0 Å². The van der Waals surface area contributed by atoms with E-state index in [0.717, 1.165) is 23.5 Å². The number of carbonyl (C=O) groups excluding carboxylic acids is 1. The van der Waals surface area contributed by atoms with Gasteiger partial charge in [-0.3, -0.25) is 4.79 Å². The second kappa shape index (κ2) is 9.11. The lowest BCUT2D eigenvalue weighted by molar-refractivity contribution is -0.137. The van der Waals surface area contributed by atoms with Gasteiger partial charge in [-0.15, -0.1) is 0 Å². The number of halogens is 3. The number of aromatic nitrogens is 1. The molecule has 1 saturated heterocycles. The number of primary amides is 1. The van der Waals surface area contributed by atoms with E-state index in [0.29, 0.717) is 36.2 Å². The Morgan fingerprint density at radius 1 is 1.18 bits per heavy atom. The number of ether oxygens (including phenoxy) is 1. The molecule has 0 aliphatic carbocycles. The van der Waals surface area contributed by atoms with Crippen molar-refractivity contribution >= 4 is 11.6 Å². The van der Waals surface area contributed by atoms with E-state index < -0.39 is 17.6 Å². The first-order chi connectivity index (χ1) is 15.8. The summed E-state index contributed by atoms with van der Waals surface area (Å²) in [6.45, 7) is 0.937. The lowest BCUT2D eigenvalue weighted by Crippen LogP contribution is -2.25. The van der Waals surface area contributed by atoms with Gasteiger partial charge in [-0.1, -0.05) is 24.3 Å². The van der Waals surface area contributed by atoms with Gasteiger partial charge >= 0.3 is 6.18 Å². The second-order valence-electron chi connectivity index (χ2n) is 7.77. The average molecular weight is 457 g/mol. The van der Waals surface area contributed by atoms with Crippen molar-refractivity contribution < 1.29 is 27.8 Å². The highest BCUT2D eigenvalue weighted by Gasteiger charge is 2.31. The van der Waals surface area contributed by atoms with E-state index in [1.807, 2.05) is 29.2 Å². The first-order valence-corrected chi connectivity index (χ1v) is 10.3. The highest BCUT2D eigenvalue weighted by molar-refractivity contribution is 6.00. The fourth-order valence-corrected chi connectivity index (χ4v) is 3.97. The molecule has 0 spiro atoms. The molecule has 172 valence electrons. The smallest absolute Gasteiger partial charge is 0.417 e. The van der Waals surface area contributed by atoms with E-state index in [1.165, 1.54) is 6.07 Å². The Balaban J connectivity index is 1.49. The molecular weight excluding hydrogens is 435 g/mol. The molecule has 1 aromatic heterocycles. The fourth-order valence-electron chi connectivity index (χ4n) is 3.97. The van der Waals surface area contributed by atoms with Crippen LogP contribution in [-0.4, -0.2) is 35.2 Å². The first-order valence-electron chi connectivity index (χ1n) is 10.3. The number of pyridine rings is 1. The monoisotopic (exact) mass is 457 g/mol. The summed E-state index contributed by atoms with van der Waals surface area (Å²) >= 11 is 0. The molecular formula is C24H22F3N3O3. The van der Waals surface area contributed by atoms with Crippen LogP contribution in [0.25, 0.3) is 11.1 Å². The van der Waals surface area contributed by atoms with Crippen LogP contribution in [-0.2, 0) is 12.8 Å². The Morgan fingerprint density at radius 2 is 1.97 bits per heavy atom. The number of anilines is 1. The molecule has 4 rings (SSSR count). The summed E-state index contributed by atoms with van der Waals surface area (Å²) in [4.78, 5) is 17.6. The van der Waals surface area contributed by atoms with Gasteiger partial charge in [0, 0.05) is 42.0 Å². The quantitative estimate of drug-likeness (QED) is 0.584. The number of amides is 1. The van der Waals surface area contributed by atoms with E-state index >= 15 is 0 Å².